The Balaban J connectivity index is 1.99. The number of rotatable bonds is 2. The van der Waals surface area contributed by atoms with Crippen LogP contribution in [0.15, 0.2) is 48.5 Å². The smallest absolute Gasteiger partial charge is 0.163 e. The lowest BCUT2D eigenvalue weighted by Crippen LogP contribution is -2.09. The molecular formula is C17H14O3. The van der Waals surface area contributed by atoms with E-state index in [2.05, 4.69) is 0 Å². The first-order valence-corrected chi connectivity index (χ1v) is 6.43. The zero-order valence-corrected chi connectivity index (χ0v) is 11.0. The maximum Gasteiger partial charge on any atom is 0.163 e. The van der Waals surface area contributed by atoms with Crippen molar-refractivity contribution in [2.45, 2.75) is 13.0 Å². The standard InChI is InChI=1S/C17H14O3/c1-11(18)13-7-10-16-14(17(13)19)8-9-15(20-16)12-5-3-2-4-6-12/h2-10,15,19H,1H3. The molecule has 0 spiro atoms. The number of carbonyl (C=O) groups excluding carboxylic acids is 1. The summed E-state index contributed by atoms with van der Waals surface area (Å²) in [4.78, 5) is 11.4. The highest BCUT2D eigenvalue weighted by molar-refractivity contribution is 5.98. The molecular weight excluding hydrogens is 252 g/mol. The van der Waals surface area contributed by atoms with E-state index >= 15 is 0 Å². The Kier molecular flexibility index (Phi) is 3.03. The molecule has 0 aromatic heterocycles. The average Bonchev–Trinajstić information content (AvgIpc) is 2.48. The molecule has 1 unspecified atom stereocenters. The number of ether oxygens (including phenoxy) is 1. The van der Waals surface area contributed by atoms with Gasteiger partial charge in [-0.25, -0.2) is 0 Å². The number of ketones is 1. The van der Waals surface area contributed by atoms with Gasteiger partial charge in [0.2, 0.25) is 0 Å². The fourth-order valence-electron chi connectivity index (χ4n) is 2.32. The molecule has 1 atom stereocenters. The highest BCUT2D eigenvalue weighted by Crippen LogP contribution is 2.39. The van der Waals surface area contributed by atoms with Crippen molar-refractivity contribution < 1.29 is 14.6 Å². The van der Waals surface area contributed by atoms with Crippen molar-refractivity contribution in [3.63, 3.8) is 0 Å². The van der Waals surface area contributed by atoms with Crippen LogP contribution in [-0.2, 0) is 0 Å². The zero-order chi connectivity index (χ0) is 14.1. The molecule has 1 N–H and O–H groups in total. The van der Waals surface area contributed by atoms with E-state index in [9.17, 15) is 9.90 Å². The van der Waals surface area contributed by atoms with Crippen molar-refractivity contribution in [2.24, 2.45) is 0 Å². The number of phenols is 1. The molecule has 0 fully saturated rings. The average molecular weight is 266 g/mol. The second-order valence-corrected chi connectivity index (χ2v) is 4.74. The van der Waals surface area contributed by atoms with Gasteiger partial charge in [-0.15, -0.1) is 0 Å². The van der Waals surface area contributed by atoms with E-state index in [4.69, 9.17) is 4.74 Å². The maximum absolute atomic E-state index is 11.4. The van der Waals surface area contributed by atoms with Gasteiger partial charge < -0.3 is 9.84 Å². The first-order valence-electron chi connectivity index (χ1n) is 6.43. The first-order chi connectivity index (χ1) is 9.66. The van der Waals surface area contributed by atoms with Crippen LogP contribution in [0.4, 0.5) is 0 Å². The van der Waals surface area contributed by atoms with Gasteiger partial charge in [-0.1, -0.05) is 30.3 Å². The van der Waals surface area contributed by atoms with Crippen molar-refractivity contribution in [2.75, 3.05) is 0 Å². The predicted octanol–water partition coefficient (Wildman–Crippen LogP) is 3.74. The van der Waals surface area contributed by atoms with Gasteiger partial charge >= 0.3 is 0 Å². The number of benzene rings is 2. The molecule has 1 aliphatic heterocycles. The van der Waals surface area contributed by atoms with Crippen LogP contribution in [0.5, 0.6) is 11.5 Å². The lowest BCUT2D eigenvalue weighted by atomic mass is 10.00. The molecule has 2 aromatic carbocycles. The van der Waals surface area contributed by atoms with Crippen LogP contribution in [0.3, 0.4) is 0 Å². The Morgan fingerprint density at radius 3 is 2.60 bits per heavy atom. The summed E-state index contributed by atoms with van der Waals surface area (Å²) in [7, 11) is 0. The minimum Gasteiger partial charge on any atom is -0.506 e. The number of fused-ring (bicyclic) bond motifs is 1. The number of phenolic OH excluding ortho intramolecular Hbond substituents is 1. The van der Waals surface area contributed by atoms with E-state index < -0.39 is 0 Å². The van der Waals surface area contributed by atoms with Gasteiger partial charge in [0.15, 0.2) is 5.78 Å². The first kappa shape index (κ1) is 12.5. The topological polar surface area (TPSA) is 46.5 Å². The zero-order valence-electron chi connectivity index (χ0n) is 11.0. The molecule has 3 nitrogen and oxygen atoms in total. The summed E-state index contributed by atoms with van der Waals surface area (Å²) in [5.74, 6) is 0.408. The van der Waals surface area contributed by atoms with Crippen LogP contribution in [0.25, 0.3) is 6.08 Å². The summed E-state index contributed by atoms with van der Waals surface area (Å²) >= 11 is 0. The number of carbonyl (C=O) groups is 1. The summed E-state index contributed by atoms with van der Waals surface area (Å²) < 4.78 is 5.88. The Morgan fingerprint density at radius 1 is 1.15 bits per heavy atom. The molecule has 100 valence electrons. The molecule has 20 heavy (non-hydrogen) atoms. The Morgan fingerprint density at radius 2 is 1.90 bits per heavy atom. The molecule has 2 aromatic rings. The molecule has 0 aliphatic carbocycles. The van der Waals surface area contributed by atoms with Crippen molar-refractivity contribution >= 4 is 11.9 Å². The molecule has 3 rings (SSSR count). The SMILES string of the molecule is CC(=O)c1ccc2c(c1O)C=CC(c1ccccc1)O2. The van der Waals surface area contributed by atoms with Crippen LogP contribution in [-0.4, -0.2) is 10.9 Å². The van der Waals surface area contributed by atoms with Crippen LogP contribution >= 0.6 is 0 Å². The fourth-order valence-corrected chi connectivity index (χ4v) is 2.32. The van der Waals surface area contributed by atoms with Gasteiger partial charge in [-0.3, -0.25) is 4.79 Å². The third kappa shape index (κ3) is 2.07. The fraction of sp³-hybridized carbons (Fsp3) is 0.118. The number of hydrogen-bond donors (Lipinski definition) is 1. The second kappa shape index (κ2) is 4.85. The number of Topliss-reactive ketones (excluding diaryl/α,β-unsaturated/α-hetero) is 1. The molecule has 0 amide bonds. The van der Waals surface area contributed by atoms with Gasteiger partial charge in [0.05, 0.1) is 11.1 Å². The highest BCUT2D eigenvalue weighted by atomic mass is 16.5. The molecule has 3 heteroatoms. The third-order valence-electron chi connectivity index (χ3n) is 3.38. The highest BCUT2D eigenvalue weighted by Gasteiger charge is 2.21. The largest absolute Gasteiger partial charge is 0.506 e. The summed E-state index contributed by atoms with van der Waals surface area (Å²) in [6.07, 6.45) is 3.51. The summed E-state index contributed by atoms with van der Waals surface area (Å²) in [5, 5.41) is 10.1. The summed E-state index contributed by atoms with van der Waals surface area (Å²) in [5.41, 5.74) is 1.92. The molecule has 0 saturated carbocycles. The third-order valence-corrected chi connectivity index (χ3v) is 3.38. The maximum atomic E-state index is 11.4. The minimum atomic E-state index is -0.175. The Hall–Kier alpha value is -2.55. The molecule has 1 aliphatic rings. The Labute approximate surface area is 117 Å². The van der Waals surface area contributed by atoms with Gasteiger partial charge in [0.25, 0.3) is 0 Å². The van der Waals surface area contributed by atoms with Crippen molar-refractivity contribution in [3.8, 4) is 11.5 Å². The number of hydrogen-bond acceptors (Lipinski definition) is 3. The normalized spacial score (nSPS) is 16.4. The van der Waals surface area contributed by atoms with Crippen LogP contribution < -0.4 is 4.74 Å². The van der Waals surface area contributed by atoms with Gasteiger partial charge in [0.1, 0.15) is 17.6 Å². The molecule has 0 radical (unpaired) electrons. The van der Waals surface area contributed by atoms with E-state index in [0.717, 1.165) is 5.56 Å². The summed E-state index contributed by atoms with van der Waals surface area (Å²) in [6, 6.07) is 13.2. The predicted molar refractivity (Wildman–Crippen MR) is 77.0 cm³/mol. The summed E-state index contributed by atoms with van der Waals surface area (Å²) in [6.45, 7) is 1.43. The molecule has 0 bridgehead atoms. The van der Waals surface area contributed by atoms with Gasteiger partial charge in [-0.2, -0.15) is 0 Å². The Bertz CT molecular complexity index is 687. The van der Waals surface area contributed by atoms with E-state index in [0.29, 0.717) is 16.9 Å². The molecule has 0 saturated heterocycles. The van der Waals surface area contributed by atoms with Gasteiger partial charge in [0, 0.05) is 0 Å². The van der Waals surface area contributed by atoms with E-state index in [1.165, 1.54) is 6.92 Å². The van der Waals surface area contributed by atoms with Crippen LogP contribution in [0, 0.1) is 0 Å². The number of aromatic hydroxyl groups is 1. The van der Waals surface area contributed by atoms with E-state index in [-0.39, 0.29) is 17.6 Å². The lowest BCUT2D eigenvalue weighted by Gasteiger charge is -2.23. The lowest BCUT2D eigenvalue weighted by molar-refractivity contribution is 0.101. The van der Waals surface area contributed by atoms with Crippen LogP contribution in [0.1, 0.15) is 34.5 Å². The van der Waals surface area contributed by atoms with Crippen LogP contribution in [0.2, 0.25) is 0 Å². The molecule has 1 heterocycles. The second-order valence-electron chi connectivity index (χ2n) is 4.74. The van der Waals surface area contributed by atoms with Crippen molar-refractivity contribution in [1.82, 2.24) is 0 Å². The van der Waals surface area contributed by atoms with Gasteiger partial charge in [-0.05, 0) is 36.8 Å². The quantitative estimate of drug-likeness (QED) is 0.842. The monoisotopic (exact) mass is 266 g/mol. The van der Waals surface area contributed by atoms with E-state index in [1.54, 1.807) is 18.2 Å². The van der Waals surface area contributed by atoms with E-state index in [1.807, 2.05) is 36.4 Å². The van der Waals surface area contributed by atoms with Crippen molar-refractivity contribution in [3.05, 3.63) is 65.2 Å². The minimum absolute atomic E-state index is 0.0160. The van der Waals surface area contributed by atoms with Crippen molar-refractivity contribution in [1.29, 1.82) is 0 Å².